The molecule has 1 saturated heterocycles. The first kappa shape index (κ1) is 16.7. The van der Waals surface area contributed by atoms with Crippen molar-refractivity contribution in [3.05, 3.63) is 0 Å². The lowest BCUT2D eigenvalue weighted by molar-refractivity contribution is -0.118. The third kappa shape index (κ3) is 5.92. The fourth-order valence-corrected chi connectivity index (χ4v) is 4.34. The van der Waals surface area contributed by atoms with Gasteiger partial charge in [-0.15, -0.1) is 0 Å². The van der Waals surface area contributed by atoms with Crippen LogP contribution in [0.5, 0.6) is 0 Å². The molecule has 2 fully saturated rings. The van der Waals surface area contributed by atoms with E-state index in [-0.39, 0.29) is 12.1 Å². The minimum absolute atomic E-state index is 0.00417. The number of sulfonamides is 1. The standard InChI is InChI=1S/C14H27N3O3S/c1-11-4-6-12(7-5-11)17-21(19,20)10-14(18)16-9-13-3-2-8-15-13/h11-13,15,17H,2-10H2,1H3,(H,16,18). The number of hydrogen-bond donors (Lipinski definition) is 3. The van der Waals surface area contributed by atoms with Crippen molar-refractivity contribution in [1.29, 1.82) is 0 Å². The maximum Gasteiger partial charge on any atom is 0.236 e. The van der Waals surface area contributed by atoms with Gasteiger partial charge in [0.2, 0.25) is 15.9 Å². The predicted octanol–water partition coefficient (Wildman–Crippen LogP) is 0.353. The molecule has 2 rings (SSSR count). The third-order valence-corrected chi connectivity index (χ3v) is 5.73. The summed E-state index contributed by atoms with van der Waals surface area (Å²) in [6.07, 6.45) is 5.98. The zero-order valence-corrected chi connectivity index (χ0v) is 13.5. The normalized spacial score (nSPS) is 30.2. The number of nitrogens with one attached hydrogen (secondary N) is 3. The summed E-state index contributed by atoms with van der Waals surface area (Å²) in [5, 5.41) is 5.97. The minimum Gasteiger partial charge on any atom is -0.354 e. The van der Waals surface area contributed by atoms with Gasteiger partial charge in [-0.05, 0) is 51.0 Å². The monoisotopic (exact) mass is 317 g/mol. The Morgan fingerprint density at radius 3 is 2.52 bits per heavy atom. The van der Waals surface area contributed by atoms with E-state index in [0.717, 1.165) is 45.1 Å². The highest BCUT2D eigenvalue weighted by Crippen LogP contribution is 2.23. The van der Waals surface area contributed by atoms with Gasteiger partial charge in [-0.2, -0.15) is 0 Å². The summed E-state index contributed by atoms with van der Waals surface area (Å²) >= 11 is 0. The van der Waals surface area contributed by atoms with Crippen LogP contribution < -0.4 is 15.4 Å². The molecule has 7 heteroatoms. The second-order valence-corrected chi connectivity index (χ2v) is 8.18. The van der Waals surface area contributed by atoms with E-state index >= 15 is 0 Å². The molecule has 1 amide bonds. The van der Waals surface area contributed by atoms with Gasteiger partial charge in [-0.3, -0.25) is 4.79 Å². The molecule has 1 aliphatic carbocycles. The molecule has 0 spiro atoms. The van der Waals surface area contributed by atoms with Crippen LogP contribution in [0.15, 0.2) is 0 Å². The van der Waals surface area contributed by atoms with Crippen molar-refractivity contribution < 1.29 is 13.2 Å². The second-order valence-electron chi connectivity index (χ2n) is 6.43. The van der Waals surface area contributed by atoms with Crippen LogP contribution >= 0.6 is 0 Å². The number of amides is 1. The third-order valence-electron chi connectivity index (χ3n) is 4.39. The smallest absolute Gasteiger partial charge is 0.236 e. The van der Waals surface area contributed by atoms with E-state index in [0.29, 0.717) is 12.5 Å². The van der Waals surface area contributed by atoms with E-state index in [1.165, 1.54) is 0 Å². The Kier molecular flexibility index (Phi) is 6.01. The Balaban J connectivity index is 1.70. The van der Waals surface area contributed by atoms with Gasteiger partial charge in [-0.25, -0.2) is 13.1 Å². The Labute approximate surface area is 127 Å². The number of hydrogen-bond acceptors (Lipinski definition) is 4. The first-order chi connectivity index (χ1) is 9.94. The van der Waals surface area contributed by atoms with E-state index in [1.807, 2.05) is 0 Å². The molecule has 2 aliphatic rings. The molecule has 0 aromatic rings. The van der Waals surface area contributed by atoms with Crippen LogP contribution in [0.4, 0.5) is 0 Å². The van der Waals surface area contributed by atoms with Crippen molar-refractivity contribution >= 4 is 15.9 Å². The van der Waals surface area contributed by atoms with Crippen LogP contribution in [0.2, 0.25) is 0 Å². The molecule has 21 heavy (non-hydrogen) atoms. The molecule has 0 aromatic carbocycles. The zero-order chi connectivity index (χ0) is 15.3. The molecule has 6 nitrogen and oxygen atoms in total. The average molecular weight is 317 g/mol. The molecule has 0 aromatic heterocycles. The van der Waals surface area contributed by atoms with E-state index in [2.05, 4.69) is 22.3 Å². The van der Waals surface area contributed by atoms with Crippen molar-refractivity contribution in [2.24, 2.45) is 5.92 Å². The second kappa shape index (κ2) is 7.56. The van der Waals surface area contributed by atoms with Gasteiger partial charge in [0.1, 0.15) is 5.75 Å². The molecule has 122 valence electrons. The van der Waals surface area contributed by atoms with Crippen LogP contribution in [0, 0.1) is 5.92 Å². The lowest BCUT2D eigenvalue weighted by Gasteiger charge is -2.26. The van der Waals surface area contributed by atoms with Crippen LogP contribution in [0.25, 0.3) is 0 Å². The maximum absolute atomic E-state index is 12.0. The van der Waals surface area contributed by atoms with Crippen LogP contribution in [-0.4, -0.2) is 45.3 Å². The van der Waals surface area contributed by atoms with Gasteiger partial charge in [0, 0.05) is 18.6 Å². The lowest BCUT2D eigenvalue weighted by atomic mass is 9.88. The summed E-state index contributed by atoms with van der Waals surface area (Å²) in [6, 6.07) is 0.278. The van der Waals surface area contributed by atoms with Gasteiger partial charge in [0.25, 0.3) is 0 Å². The molecule has 1 aliphatic heterocycles. The summed E-state index contributed by atoms with van der Waals surface area (Å²) in [5.41, 5.74) is 0. The molecule has 1 heterocycles. The highest BCUT2D eigenvalue weighted by molar-refractivity contribution is 7.90. The van der Waals surface area contributed by atoms with Crippen molar-refractivity contribution in [3.63, 3.8) is 0 Å². The molecule has 1 unspecified atom stereocenters. The summed E-state index contributed by atoms with van der Waals surface area (Å²) in [5.74, 6) is -0.209. The zero-order valence-electron chi connectivity index (χ0n) is 12.7. The Morgan fingerprint density at radius 1 is 1.19 bits per heavy atom. The number of carbonyl (C=O) groups is 1. The van der Waals surface area contributed by atoms with E-state index in [1.54, 1.807) is 0 Å². The lowest BCUT2D eigenvalue weighted by Crippen LogP contribution is -2.44. The van der Waals surface area contributed by atoms with Crippen LogP contribution in [0.1, 0.15) is 45.4 Å². The van der Waals surface area contributed by atoms with E-state index < -0.39 is 21.7 Å². The van der Waals surface area contributed by atoms with Crippen molar-refractivity contribution in [2.45, 2.75) is 57.5 Å². The highest BCUT2D eigenvalue weighted by Gasteiger charge is 2.25. The largest absolute Gasteiger partial charge is 0.354 e. The number of carbonyl (C=O) groups excluding carboxylic acids is 1. The predicted molar refractivity (Wildman–Crippen MR) is 82.4 cm³/mol. The van der Waals surface area contributed by atoms with Gasteiger partial charge in [0.05, 0.1) is 0 Å². The van der Waals surface area contributed by atoms with Crippen molar-refractivity contribution in [1.82, 2.24) is 15.4 Å². The fraction of sp³-hybridized carbons (Fsp3) is 0.929. The summed E-state index contributed by atoms with van der Waals surface area (Å²) in [4.78, 5) is 11.8. The number of rotatable bonds is 6. The molecule has 0 bridgehead atoms. The summed E-state index contributed by atoms with van der Waals surface area (Å²) in [7, 11) is -3.53. The van der Waals surface area contributed by atoms with Crippen molar-refractivity contribution in [3.8, 4) is 0 Å². The quantitative estimate of drug-likeness (QED) is 0.660. The average Bonchev–Trinajstić information content (AvgIpc) is 2.91. The molecular weight excluding hydrogens is 290 g/mol. The molecule has 0 radical (unpaired) electrons. The Hall–Kier alpha value is -0.660. The fourth-order valence-electron chi connectivity index (χ4n) is 3.07. The molecule has 1 saturated carbocycles. The molecular formula is C14H27N3O3S. The maximum atomic E-state index is 12.0. The Morgan fingerprint density at radius 2 is 1.90 bits per heavy atom. The molecule has 3 N–H and O–H groups in total. The van der Waals surface area contributed by atoms with Gasteiger partial charge >= 0.3 is 0 Å². The first-order valence-electron chi connectivity index (χ1n) is 7.95. The van der Waals surface area contributed by atoms with Gasteiger partial charge in [0.15, 0.2) is 0 Å². The van der Waals surface area contributed by atoms with E-state index in [9.17, 15) is 13.2 Å². The van der Waals surface area contributed by atoms with Gasteiger partial charge in [-0.1, -0.05) is 6.92 Å². The summed E-state index contributed by atoms with van der Waals surface area (Å²) in [6.45, 7) is 3.67. The topological polar surface area (TPSA) is 87.3 Å². The van der Waals surface area contributed by atoms with E-state index in [4.69, 9.17) is 0 Å². The summed E-state index contributed by atoms with van der Waals surface area (Å²) < 4.78 is 26.7. The van der Waals surface area contributed by atoms with Gasteiger partial charge < -0.3 is 10.6 Å². The minimum atomic E-state index is -3.53. The first-order valence-corrected chi connectivity index (χ1v) is 9.60. The van der Waals surface area contributed by atoms with Crippen LogP contribution in [0.3, 0.4) is 0 Å². The van der Waals surface area contributed by atoms with Crippen LogP contribution in [-0.2, 0) is 14.8 Å². The SMILES string of the molecule is CC1CCC(NS(=O)(=O)CC(=O)NCC2CCCN2)CC1. The molecule has 1 atom stereocenters. The van der Waals surface area contributed by atoms with Crippen molar-refractivity contribution in [2.75, 3.05) is 18.8 Å². The Bertz CT molecular complexity index is 438. The highest BCUT2D eigenvalue weighted by atomic mass is 32.2.